The highest BCUT2D eigenvalue weighted by molar-refractivity contribution is 7.57. The number of aliphatic hydroxyl groups is 1. The molecule has 0 bridgehead atoms. The molecule has 1 amide bonds. The molecular weight excluding hydrogens is 325 g/mol. The van der Waals surface area contributed by atoms with E-state index in [-0.39, 0.29) is 38.1 Å². The molecule has 0 aromatic heterocycles. The minimum absolute atomic E-state index is 0.00613. The topological polar surface area (TPSA) is 122 Å². The van der Waals surface area contributed by atoms with Gasteiger partial charge in [0.25, 0.3) is 0 Å². The third-order valence-electron chi connectivity index (χ3n) is 3.72. The Morgan fingerprint density at radius 1 is 1.22 bits per heavy atom. The third-order valence-corrected chi connectivity index (χ3v) is 5.09. The molecule has 2 unspecified atom stereocenters. The van der Waals surface area contributed by atoms with Gasteiger partial charge in [-0.25, -0.2) is 4.79 Å². The van der Waals surface area contributed by atoms with Gasteiger partial charge in [0.2, 0.25) is 7.37 Å². The lowest BCUT2D eigenvalue weighted by atomic mass is 9.89. The van der Waals surface area contributed by atoms with E-state index in [9.17, 15) is 19.3 Å². The van der Waals surface area contributed by atoms with E-state index in [1.807, 2.05) is 0 Å². The zero-order chi connectivity index (χ0) is 17.3. The minimum Gasteiger partial charge on any atom is -0.462 e. The molecule has 3 N–H and O–H groups in total. The van der Waals surface area contributed by atoms with E-state index in [2.05, 4.69) is 5.32 Å². The van der Waals surface area contributed by atoms with Crippen molar-refractivity contribution in [3.8, 4) is 0 Å². The highest BCUT2D eigenvalue weighted by Gasteiger charge is 2.23. The van der Waals surface area contributed by atoms with E-state index in [0.29, 0.717) is 0 Å². The third kappa shape index (κ3) is 8.34. The fourth-order valence-corrected chi connectivity index (χ4v) is 2.93. The summed E-state index contributed by atoms with van der Waals surface area (Å²) in [6.45, 7) is 1.02. The average Bonchev–Trinajstić information content (AvgIpc) is 2.51. The van der Waals surface area contributed by atoms with Crippen molar-refractivity contribution in [1.29, 1.82) is 0 Å². The lowest BCUT2D eigenvalue weighted by molar-refractivity contribution is -0.150. The lowest BCUT2D eigenvalue weighted by Crippen LogP contribution is -2.29. The molecule has 1 fully saturated rings. The second kappa shape index (κ2) is 9.90. The molecule has 134 valence electrons. The van der Waals surface area contributed by atoms with Gasteiger partial charge in [-0.2, -0.15) is 0 Å². The Hall–Kier alpha value is -1.11. The first kappa shape index (κ1) is 19.9. The number of carbonyl (C=O) groups is 2. The van der Waals surface area contributed by atoms with Gasteiger partial charge in [-0.05, 0) is 12.8 Å². The molecule has 0 heterocycles. The second-order valence-electron chi connectivity index (χ2n) is 5.78. The molecule has 1 rings (SSSR count). The normalized spacial score (nSPS) is 19.4. The summed E-state index contributed by atoms with van der Waals surface area (Å²) in [5, 5.41) is 11.7. The molecule has 0 saturated heterocycles. The molecule has 23 heavy (non-hydrogen) atoms. The Morgan fingerprint density at radius 2 is 1.83 bits per heavy atom. The molecule has 2 atom stereocenters. The van der Waals surface area contributed by atoms with Crippen molar-refractivity contribution in [1.82, 2.24) is 5.32 Å². The number of carbonyl (C=O) groups excluding carboxylic acids is 2. The SMILES string of the molecule is CP(=O)(O)C(O)CCNC(=O)OCCOC(=O)C1CCCCC1. The molecule has 0 aromatic carbocycles. The van der Waals surface area contributed by atoms with Crippen LogP contribution in [0.2, 0.25) is 0 Å². The summed E-state index contributed by atoms with van der Waals surface area (Å²) in [4.78, 5) is 32.2. The van der Waals surface area contributed by atoms with Crippen molar-refractivity contribution in [2.45, 2.75) is 44.4 Å². The van der Waals surface area contributed by atoms with E-state index in [1.165, 1.54) is 0 Å². The number of amides is 1. The highest BCUT2D eigenvalue weighted by Crippen LogP contribution is 2.41. The Kier molecular flexibility index (Phi) is 8.58. The molecule has 1 saturated carbocycles. The first-order valence-electron chi connectivity index (χ1n) is 7.86. The smallest absolute Gasteiger partial charge is 0.407 e. The maximum absolute atomic E-state index is 11.7. The van der Waals surface area contributed by atoms with Crippen LogP contribution in [-0.2, 0) is 18.8 Å². The Labute approximate surface area is 136 Å². The van der Waals surface area contributed by atoms with E-state index < -0.39 is 19.3 Å². The van der Waals surface area contributed by atoms with Gasteiger partial charge in [0.1, 0.15) is 19.1 Å². The van der Waals surface area contributed by atoms with Gasteiger partial charge >= 0.3 is 12.1 Å². The maximum atomic E-state index is 11.7. The van der Waals surface area contributed by atoms with Crippen LogP contribution in [0.3, 0.4) is 0 Å². The van der Waals surface area contributed by atoms with E-state index in [1.54, 1.807) is 0 Å². The zero-order valence-electron chi connectivity index (χ0n) is 13.4. The largest absolute Gasteiger partial charge is 0.462 e. The molecule has 9 heteroatoms. The molecule has 0 spiro atoms. The zero-order valence-corrected chi connectivity index (χ0v) is 14.3. The Balaban J connectivity index is 2.05. The van der Waals surface area contributed by atoms with Gasteiger partial charge in [-0.1, -0.05) is 19.3 Å². The number of esters is 1. The van der Waals surface area contributed by atoms with Crippen molar-refractivity contribution in [2.24, 2.45) is 5.92 Å². The summed E-state index contributed by atoms with van der Waals surface area (Å²) in [5.41, 5.74) is 0. The van der Waals surface area contributed by atoms with Gasteiger partial charge in [0, 0.05) is 19.6 Å². The lowest BCUT2D eigenvalue weighted by Gasteiger charge is -2.19. The van der Waals surface area contributed by atoms with Crippen LogP contribution >= 0.6 is 7.37 Å². The maximum Gasteiger partial charge on any atom is 0.407 e. The number of rotatable bonds is 8. The molecule has 1 aliphatic rings. The minimum atomic E-state index is -3.56. The second-order valence-corrected chi connectivity index (χ2v) is 8.26. The fraction of sp³-hybridized carbons (Fsp3) is 0.857. The number of hydrogen-bond acceptors (Lipinski definition) is 6. The van der Waals surface area contributed by atoms with Crippen LogP contribution in [0.15, 0.2) is 0 Å². The van der Waals surface area contributed by atoms with Crippen LogP contribution in [0.5, 0.6) is 0 Å². The van der Waals surface area contributed by atoms with Crippen molar-refractivity contribution < 1.29 is 33.6 Å². The summed E-state index contributed by atoms with van der Waals surface area (Å²) in [6, 6.07) is 0. The fourth-order valence-electron chi connectivity index (χ4n) is 2.33. The van der Waals surface area contributed by atoms with Gasteiger partial charge < -0.3 is 24.8 Å². The van der Waals surface area contributed by atoms with Gasteiger partial charge in [-0.15, -0.1) is 0 Å². The predicted octanol–water partition coefficient (Wildman–Crippen LogP) is 1.44. The Morgan fingerprint density at radius 3 is 2.43 bits per heavy atom. The van der Waals surface area contributed by atoms with Gasteiger partial charge in [0.15, 0.2) is 0 Å². The van der Waals surface area contributed by atoms with Crippen LogP contribution in [0, 0.1) is 5.92 Å². The first-order chi connectivity index (χ1) is 10.8. The van der Waals surface area contributed by atoms with Crippen LogP contribution in [0.25, 0.3) is 0 Å². The molecule has 1 aliphatic carbocycles. The summed E-state index contributed by atoms with van der Waals surface area (Å²) in [5.74, 6) is -1.65. The molecule has 0 aromatic rings. The predicted molar refractivity (Wildman–Crippen MR) is 83.3 cm³/mol. The van der Waals surface area contributed by atoms with Crippen molar-refractivity contribution in [3.05, 3.63) is 0 Å². The van der Waals surface area contributed by atoms with Crippen molar-refractivity contribution in [2.75, 3.05) is 26.4 Å². The summed E-state index contributed by atoms with van der Waals surface area (Å²) >= 11 is 0. The van der Waals surface area contributed by atoms with E-state index in [4.69, 9.17) is 14.4 Å². The summed E-state index contributed by atoms with van der Waals surface area (Å²) in [6.07, 6.45) is 4.19. The number of ether oxygens (including phenoxy) is 2. The first-order valence-corrected chi connectivity index (χ1v) is 10.0. The van der Waals surface area contributed by atoms with Crippen molar-refractivity contribution >= 4 is 19.4 Å². The van der Waals surface area contributed by atoms with Crippen LogP contribution in [0.1, 0.15) is 38.5 Å². The monoisotopic (exact) mass is 351 g/mol. The van der Waals surface area contributed by atoms with Crippen LogP contribution in [-0.4, -0.2) is 54.3 Å². The average molecular weight is 351 g/mol. The molecule has 0 aliphatic heterocycles. The molecule has 0 radical (unpaired) electrons. The summed E-state index contributed by atoms with van der Waals surface area (Å²) in [7, 11) is -3.56. The van der Waals surface area contributed by atoms with Gasteiger partial charge in [-0.3, -0.25) is 9.36 Å². The van der Waals surface area contributed by atoms with E-state index in [0.717, 1.165) is 38.8 Å². The van der Waals surface area contributed by atoms with E-state index >= 15 is 0 Å². The number of hydrogen-bond donors (Lipinski definition) is 3. The summed E-state index contributed by atoms with van der Waals surface area (Å²) < 4.78 is 21.0. The molecule has 8 nitrogen and oxygen atoms in total. The Bertz CT molecular complexity index is 431. The standard InChI is InChI=1S/C14H26NO7P/c1-23(19,20)12(16)7-8-15-14(18)22-10-9-21-13(17)11-5-3-2-4-6-11/h11-12,16H,2-10H2,1H3,(H,15,18)(H,19,20). The van der Waals surface area contributed by atoms with Crippen LogP contribution in [0.4, 0.5) is 4.79 Å². The van der Waals surface area contributed by atoms with Crippen LogP contribution < -0.4 is 5.32 Å². The molecular formula is C14H26NO7P. The van der Waals surface area contributed by atoms with Crippen molar-refractivity contribution in [3.63, 3.8) is 0 Å². The quantitative estimate of drug-likeness (QED) is 0.344. The number of aliphatic hydroxyl groups excluding tert-OH is 1. The number of nitrogens with one attached hydrogen (secondary N) is 1. The highest BCUT2D eigenvalue weighted by atomic mass is 31.2. The number of alkyl carbamates (subject to hydrolysis) is 1. The van der Waals surface area contributed by atoms with Gasteiger partial charge in [0.05, 0.1) is 5.92 Å².